The minimum atomic E-state index is -3.61. The number of nitrogens with one attached hydrogen (secondary N) is 1. The summed E-state index contributed by atoms with van der Waals surface area (Å²) in [5, 5.41) is 2.72. The summed E-state index contributed by atoms with van der Waals surface area (Å²) in [5.41, 5.74) is 7.62. The van der Waals surface area contributed by atoms with Gasteiger partial charge in [0.2, 0.25) is 15.9 Å². The first-order valence-corrected chi connectivity index (χ1v) is 10.5. The van der Waals surface area contributed by atoms with Crippen molar-refractivity contribution in [3.63, 3.8) is 0 Å². The van der Waals surface area contributed by atoms with Gasteiger partial charge in [-0.1, -0.05) is 37.3 Å². The van der Waals surface area contributed by atoms with Crippen molar-refractivity contribution in [1.29, 1.82) is 0 Å². The number of nitrogens with zero attached hydrogens (tertiary/aromatic N) is 1. The Balaban J connectivity index is 1.80. The number of nitrogens with two attached hydrogens (primary N) is 1. The van der Waals surface area contributed by atoms with E-state index in [0.717, 1.165) is 5.56 Å². The Bertz CT molecular complexity index is 882. The average molecular weight is 388 g/mol. The summed E-state index contributed by atoms with van der Waals surface area (Å²) in [6.45, 7) is 3.03. The predicted octanol–water partition coefficient (Wildman–Crippen LogP) is 2.40. The van der Waals surface area contributed by atoms with Gasteiger partial charge in [0.1, 0.15) is 0 Å². The molecule has 0 unspecified atom stereocenters. The van der Waals surface area contributed by atoms with Gasteiger partial charge in [-0.15, -0.1) is 0 Å². The van der Waals surface area contributed by atoms with E-state index < -0.39 is 10.0 Å². The van der Waals surface area contributed by atoms with Crippen LogP contribution in [0.5, 0.6) is 0 Å². The second-order valence-electron chi connectivity index (χ2n) is 6.76. The van der Waals surface area contributed by atoms with E-state index in [9.17, 15) is 13.2 Å². The molecule has 0 spiro atoms. The Morgan fingerprint density at radius 1 is 1.11 bits per heavy atom. The van der Waals surface area contributed by atoms with Crippen LogP contribution in [0.15, 0.2) is 59.5 Å². The van der Waals surface area contributed by atoms with Crippen molar-refractivity contribution in [2.75, 3.05) is 25.0 Å². The van der Waals surface area contributed by atoms with Gasteiger partial charge in [-0.25, -0.2) is 8.42 Å². The van der Waals surface area contributed by atoms with Crippen molar-refractivity contribution in [3.05, 3.63) is 60.2 Å². The van der Waals surface area contributed by atoms with Crippen molar-refractivity contribution in [2.45, 2.75) is 24.2 Å². The molecule has 0 saturated carbocycles. The zero-order valence-corrected chi connectivity index (χ0v) is 16.2. The number of anilines is 1. The number of benzene rings is 2. The molecule has 0 radical (unpaired) electrons. The number of rotatable bonds is 6. The lowest BCUT2D eigenvalue weighted by Gasteiger charge is -2.17. The van der Waals surface area contributed by atoms with Crippen LogP contribution < -0.4 is 11.1 Å². The summed E-state index contributed by atoms with van der Waals surface area (Å²) in [6.07, 6.45) is 0.370. The minimum absolute atomic E-state index is 0.0882. The van der Waals surface area contributed by atoms with Crippen LogP contribution >= 0.6 is 0 Å². The lowest BCUT2D eigenvalue weighted by molar-refractivity contribution is -0.115. The molecule has 2 aromatic carbocycles. The summed E-state index contributed by atoms with van der Waals surface area (Å²) in [5.74, 6) is 0.0704. The normalized spacial score (nSPS) is 20.5. The number of hydrogen-bond acceptors (Lipinski definition) is 4. The number of sulfonamides is 1. The van der Waals surface area contributed by atoms with Gasteiger partial charge in [0.15, 0.2) is 0 Å². The minimum Gasteiger partial charge on any atom is -0.330 e. The predicted molar refractivity (Wildman–Crippen MR) is 106 cm³/mol. The van der Waals surface area contributed by atoms with Gasteiger partial charge in [0.25, 0.3) is 0 Å². The van der Waals surface area contributed by atoms with Crippen molar-refractivity contribution >= 4 is 21.6 Å². The van der Waals surface area contributed by atoms with Gasteiger partial charge in [-0.3, -0.25) is 4.79 Å². The van der Waals surface area contributed by atoms with E-state index in [1.807, 2.05) is 30.3 Å². The smallest absolute Gasteiger partial charge is 0.243 e. The zero-order chi connectivity index (χ0) is 19.4. The van der Waals surface area contributed by atoms with Crippen molar-refractivity contribution in [3.8, 4) is 0 Å². The highest BCUT2D eigenvalue weighted by molar-refractivity contribution is 7.89. The van der Waals surface area contributed by atoms with Crippen LogP contribution in [0.3, 0.4) is 0 Å². The van der Waals surface area contributed by atoms with Crippen LogP contribution in [0.4, 0.5) is 5.69 Å². The van der Waals surface area contributed by atoms with Gasteiger partial charge in [-0.05, 0) is 42.3 Å². The van der Waals surface area contributed by atoms with Gasteiger partial charge in [0.05, 0.1) is 4.90 Å². The summed E-state index contributed by atoms with van der Waals surface area (Å²) in [4.78, 5) is 11.7. The summed E-state index contributed by atoms with van der Waals surface area (Å²) < 4.78 is 27.6. The maximum atomic E-state index is 13.1. The SMILES string of the molecule is CCC(=O)Nc1ccc(S(=O)(=O)N2C[C@@H](CN)[C@H](c3ccccc3)C2)cc1. The van der Waals surface area contributed by atoms with Gasteiger partial charge in [-0.2, -0.15) is 4.31 Å². The van der Waals surface area contributed by atoms with Crippen molar-refractivity contribution in [1.82, 2.24) is 4.31 Å². The van der Waals surface area contributed by atoms with Crippen LogP contribution in [-0.2, 0) is 14.8 Å². The molecule has 1 aliphatic heterocycles. The standard InChI is InChI=1S/C20H25N3O3S/c1-2-20(24)22-17-8-10-18(11-9-17)27(25,26)23-13-16(12-21)19(14-23)15-6-4-3-5-7-15/h3-11,16,19H,2,12-14,21H2,1H3,(H,22,24)/t16-,19+/m1/s1. The fraction of sp³-hybridized carbons (Fsp3) is 0.350. The lowest BCUT2D eigenvalue weighted by Crippen LogP contribution is -2.30. The maximum Gasteiger partial charge on any atom is 0.243 e. The van der Waals surface area contributed by atoms with E-state index >= 15 is 0 Å². The van der Waals surface area contributed by atoms with E-state index in [2.05, 4.69) is 5.32 Å². The zero-order valence-electron chi connectivity index (χ0n) is 15.3. The van der Waals surface area contributed by atoms with E-state index in [1.54, 1.807) is 19.1 Å². The quantitative estimate of drug-likeness (QED) is 0.796. The fourth-order valence-electron chi connectivity index (χ4n) is 3.45. The molecule has 1 fully saturated rings. The number of carbonyl (C=O) groups excluding carboxylic acids is 1. The molecular weight excluding hydrogens is 362 g/mol. The molecule has 3 rings (SSSR count). The first-order valence-electron chi connectivity index (χ1n) is 9.10. The Morgan fingerprint density at radius 3 is 2.37 bits per heavy atom. The highest BCUT2D eigenvalue weighted by atomic mass is 32.2. The second-order valence-corrected chi connectivity index (χ2v) is 8.70. The van der Waals surface area contributed by atoms with Gasteiger partial charge < -0.3 is 11.1 Å². The van der Waals surface area contributed by atoms with E-state index in [1.165, 1.54) is 16.4 Å². The third kappa shape index (κ3) is 4.21. The molecule has 0 aromatic heterocycles. The molecule has 1 aliphatic rings. The van der Waals surface area contributed by atoms with Crippen LogP contribution in [0, 0.1) is 5.92 Å². The Labute approximate surface area is 160 Å². The molecular formula is C20H25N3O3S. The third-order valence-corrected chi connectivity index (χ3v) is 6.88. The topological polar surface area (TPSA) is 92.5 Å². The van der Waals surface area contributed by atoms with Crippen LogP contribution in [0.25, 0.3) is 0 Å². The lowest BCUT2D eigenvalue weighted by atomic mass is 9.89. The molecule has 27 heavy (non-hydrogen) atoms. The molecule has 3 N–H and O–H groups in total. The molecule has 6 nitrogen and oxygen atoms in total. The molecule has 7 heteroatoms. The molecule has 1 saturated heterocycles. The van der Waals surface area contributed by atoms with E-state index in [0.29, 0.717) is 31.7 Å². The first kappa shape index (κ1) is 19.5. The molecule has 0 aliphatic carbocycles. The molecule has 2 aromatic rings. The van der Waals surface area contributed by atoms with Crippen LogP contribution in [-0.4, -0.2) is 38.3 Å². The van der Waals surface area contributed by atoms with Crippen molar-refractivity contribution < 1.29 is 13.2 Å². The summed E-state index contributed by atoms with van der Waals surface area (Å²) in [7, 11) is -3.61. The Morgan fingerprint density at radius 2 is 1.78 bits per heavy atom. The number of amides is 1. The van der Waals surface area contributed by atoms with E-state index in [4.69, 9.17) is 5.73 Å². The second kappa shape index (κ2) is 8.21. The summed E-state index contributed by atoms with van der Waals surface area (Å²) >= 11 is 0. The largest absolute Gasteiger partial charge is 0.330 e. The molecule has 144 valence electrons. The van der Waals surface area contributed by atoms with Gasteiger partial charge >= 0.3 is 0 Å². The van der Waals surface area contributed by atoms with Crippen molar-refractivity contribution in [2.24, 2.45) is 11.7 Å². The number of carbonyl (C=O) groups is 1. The van der Waals surface area contributed by atoms with Crippen LogP contribution in [0.1, 0.15) is 24.8 Å². The highest BCUT2D eigenvalue weighted by Gasteiger charge is 2.39. The Hall–Kier alpha value is -2.22. The summed E-state index contributed by atoms with van der Waals surface area (Å²) in [6, 6.07) is 16.2. The van der Waals surface area contributed by atoms with Gasteiger partial charge in [0, 0.05) is 31.1 Å². The molecule has 0 bridgehead atoms. The van der Waals surface area contributed by atoms with E-state index in [-0.39, 0.29) is 22.6 Å². The Kier molecular flexibility index (Phi) is 5.94. The highest BCUT2D eigenvalue weighted by Crippen LogP contribution is 2.35. The molecule has 1 amide bonds. The first-order chi connectivity index (χ1) is 13.0. The average Bonchev–Trinajstić information content (AvgIpc) is 3.14. The fourth-order valence-corrected chi connectivity index (χ4v) is 4.98. The van der Waals surface area contributed by atoms with Crippen LogP contribution in [0.2, 0.25) is 0 Å². The number of hydrogen-bond donors (Lipinski definition) is 2. The monoisotopic (exact) mass is 387 g/mol. The molecule has 1 heterocycles. The third-order valence-electron chi connectivity index (χ3n) is 5.03. The maximum absolute atomic E-state index is 13.1. The molecule has 2 atom stereocenters.